The summed E-state index contributed by atoms with van der Waals surface area (Å²) in [5.41, 5.74) is 11.0. The van der Waals surface area contributed by atoms with Gasteiger partial charge in [-0.2, -0.15) is 0 Å². The zero-order chi connectivity index (χ0) is 12.3. The molecule has 1 fully saturated rings. The highest BCUT2D eigenvalue weighted by molar-refractivity contribution is 5.95. The lowest BCUT2D eigenvalue weighted by molar-refractivity contribution is -0.125. The number of nitrogens with one attached hydrogen (secondary N) is 1. The van der Waals surface area contributed by atoms with E-state index in [0.29, 0.717) is 18.8 Å². The summed E-state index contributed by atoms with van der Waals surface area (Å²) >= 11 is 0. The highest BCUT2D eigenvalue weighted by Crippen LogP contribution is 2.24. The number of nitrogens with zero attached hydrogens (tertiary/aromatic N) is 3. The summed E-state index contributed by atoms with van der Waals surface area (Å²) in [5, 5.41) is 2.69. The molecule has 1 aliphatic rings. The van der Waals surface area contributed by atoms with Crippen LogP contribution in [-0.2, 0) is 9.53 Å². The number of amides is 1. The van der Waals surface area contributed by atoms with E-state index in [-0.39, 0.29) is 18.2 Å². The lowest BCUT2D eigenvalue weighted by atomic mass is 10.2. The zero-order valence-corrected chi connectivity index (χ0v) is 8.89. The third-order valence-electron chi connectivity index (χ3n) is 2.40. The van der Waals surface area contributed by atoms with Crippen LogP contribution in [0.5, 0.6) is 0 Å². The molecule has 1 N–H and O–H groups in total. The highest BCUT2D eigenvalue weighted by atomic mass is 19.1. The third-order valence-corrected chi connectivity index (χ3v) is 2.40. The van der Waals surface area contributed by atoms with Crippen LogP contribution in [0.25, 0.3) is 5.53 Å². The maximum absolute atomic E-state index is 13.7. The summed E-state index contributed by atoms with van der Waals surface area (Å²) in [6.07, 6.45) is 0. The number of anilines is 2. The van der Waals surface area contributed by atoms with E-state index in [1.54, 1.807) is 0 Å². The predicted molar refractivity (Wildman–Crippen MR) is 59.0 cm³/mol. The quantitative estimate of drug-likeness (QED) is 0.639. The van der Waals surface area contributed by atoms with Gasteiger partial charge in [-0.3, -0.25) is 10.0 Å². The van der Waals surface area contributed by atoms with E-state index < -0.39 is 5.82 Å². The Morgan fingerprint density at radius 3 is 3.00 bits per heavy atom. The van der Waals surface area contributed by atoms with E-state index in [1.807, 2.05) is 0 Å². The van der Waals surface area contributed by atoms with E-state index >= 15 is 0 Å². The van der Waals surface area contributed by atoms with E-state index in [2.05, 4.69) is 10.6 Å². The molecule has 0 unspecified atom stereocenters. The first-order valence-electron chi connectivity index (χ1n) is 5.00. The maximum atomic E-state index is 13.7. The average Bonchev–Trinajstić information content (AvgIpc) is 2.31. The first-order chi connectivity index (χ1) is 8.22. The topological polar surface area (TPSA) is 76.2 Å². The molecule has 0 spiro atoms. The van der Waals surface area contributed by atoms with Gasteiger partial charge >= 0.3 is 0 Å². The maximum Gasteiger partial charge on any atom is 0.253 e. The van der Waals surface area contributed by atoms with Gasteiger partial charge in [0.15, 0.2) is 0 Å². The van der Waals surface area contributed by atoms with E-state index in [9.17, 15) is 9.18 Å². The number of rotatable bonds is 3. The van der Waals surface area contributed by atoms with Crippen LogP contribution in [-0.4, -0.2) is 25.7 Å². The van der Waals surface area contributed by atoms with Gasteiger partial charge in [0.05, 0.1) is 12.3 Å². The predicted octanol–water partition coefficient (Wildman–Crippen LogP) is 1.54. The Bertz CT molecular complexity index is 452. The number of hydrogen-bond acceptors (Lipinski definition) is 3. The molecule has 1 saturated heterocycles. The molecule has 1 heterocycles. The molecule has 17 heavy (non-hydrogen) atoms. The summed E-state index contributed by atoms with van der Waals surface area (Å²) in [7, 11) is 0. The zero-order valence-electron chi connectivity index (χ0n) is 8.89. The van der Waals surface area contributed by atoms with Gasteiger partial charge in [-0.1, -0.05) is 6.07 Å². The smallest absolute Gasteiger partial charge is 0.253 e. The number of ether oxygens (including phenoxy) is 1. The Balaban J connectivity index is 2.26. The van der Waals surface area contributed by atoms with Crippen molar-refractivity contribution in [1.29, 1.82) is 0 Å². The molecule has 2 rings (SSSR count). The normalized spacial score (nSPS) is 15.8. The van der Waals surface area contributed by atoms with Crippen LogP contribution in [0.15, 0.2) is 23.4 Å². The summed E-state index contributed by atoms with van der Waals surface area (Å²) < 4.78 is 18.7. The summed E-state index contributed by atoms with van der Waals surface area (Å²) in [6, 6.07) is 4.12. The SMILES string of the molecule is [N-]=NNc1ccc(N2CCOCC2=O)c(F)c1. The van der Waals surface area contributed by atoms with Crippen molar-refractivity contribution in [2.45, 2.75) is 0 Å². The summed E-state index contributed by atoms with van der Waals surface area (Å²) in [6.45, 7) is 0.676. The lowest BCUT2D eigenvalue weighted by Crippen LogP contribution is -2.42. The molecular formula is C10H10FN4O2-. The van der Waals surface area contributed by atoms with Gasteiger partial charge in [0.2, 0.25) is 0 Å². The molecule has 0 aromatic heterocycles. The first-order valence-corrected chi connectivity index (χ1v) is 5.00. The highest BCUT2D eigenvalue weighted by Gasteiger charge is 2.22. The van der Waals surface area contributed by atoms with Gasteiger partial charge in [-0.15, -0.1) is 0 Å². The second-order valence-corrected chi connectivity index (χ2v) is 3.48. The second kappa shape index (κ2) is 4.88. The molecule has 0 atom stereocenters. The number of carbonyl (C=O) groups excluding carboxylic acids is 1. The van der Waals surface area contributed by atoms with Crippen molar-refractivity contribution in [3.8, 4) is 0 Å². The van der Waals surface area contributed by atoms with Crippen molar-refractivity contribution in [2.24, 2.45) is 5.22 Å². The molecule has 1 aromatic rings. The van der Waals surface area contributed by atoms with Crippen molar-refractivity contribution in [3.63, 3.8) is 0 Å². The molecule has 1 aromatic carbocycles. The van der Waals surface area contributed by atoms with Gasteiger partial charge in [0.25, 0.3) is 5.91 Å². The lowest BCUT2D eigenvalue weighted by Gasteiger charge is -2.27. The molecule has 1 aliphatic heterocycles. The van der Waals surface area contributed by atoms with Crippen LogP contribution in [0.3, 0.4) is 0 Å². The Labute approximate surface area is 96.8 Å². The van der Waals surface area contributed by atoms with Gasteiger partial charge in [-0.25, -0.2) is 4.39 Å². The van der Waals surface area contributed by atoms with Crippen molar-refractivity contribution >= 4 is 17.3 Å². The minimum absolute atomic E-state index is 0.0363. The molecule has 0 radical (unpaired) electrons. The molecule has 6 nitrogen and oxygen atoms in total. The molecule has 0 aliphatic carbocycles. The monoisotopic (exact) mass is 237 g/mol. The van der Waals surface area contributed by atoms with Crippen LogP contribution >= 0.6 is 0 Å². The fraction of sp³-hybridized carbons (Fsp3) is 0.300. The van der Waals surface area contributed by atoms with Crippen molar-refractivity contribution < 1.29 is 13.9 Å². The van der Waals surface area contributed by atoms with Crippen molar-refractivity contribution in [1.82, 2.24) is 0 Å². The Morgan fingerprint density at radius 2 is 2.35 bits per heavy atom. The number of morpholine rings is 1. The standard InChI is InChI=1S/C10H10FN4O2/c11-8-5-7(13-14-12)1-2-9(8)15-3-4-17-6-10(15)16/h1-2,5H,3-4,6H2,(H-,12,13)/q-1. The second-order valence-electron chi connectivity index (χ2n) is 3.48. The van der Waals surface area contributed by atoms with Crippen LogP contribution in [0, 0.1) is 5.82 Å². The summed E-state index contributed by atoms with van der Waals surface area (Å²) in [5.74, 6) is -0.836. The largest absolute Gasteiger partial charge is 0.387 e. The van der Waals surface area contributed by atoms with Crippen LogP contribution < -0.4 is 10.3 Å². The number of benzene rings is 1. The Morgan fingerprint density at radius 1 is 1.53 bits per heavy atom. The van der Waals surface area contributed by atoms with Gasteiger partial charge < -0.3 is 20.6 Å². The average molecular weight is 237 g/mol. The minimum atomic E-state index is -0.561. The number of carbonyl (C=O) groups is 1. The number of hydrogen-bond donors (Lipinski definition) is 1. The Kier molecular flexibility index (Phi) is 3.29. The van der Waals surface area contributed by atoms with E-state index in [0.717, 1.165) is 6.07 Å². The minimum Gasteiger partial charge on any atom is -0.387 e. The van der Waals surface area contributed by atoms with E-state index in [4.69, 9.17) is 10.3 Å². The van der Waals surface area contributed by atoms with Gasteiger partial charge in [0, 0.05) is 6.54 Å². The fourth-order valence-corrected chi connectivity index (χ4v) is 1.63. The van der Waals surface area contributed by atoms with E-state index in [1.165, 1.54) is 17.0 Å². The molecule has 7 heteroatoms. The van der Waals surface area contributed by atoms with Crippen LogP contribution in [0.2, 0.25) is 0 Å². The van der Waals surface area contributed by atoms with Crippen LogP contribution in [0.4, 0.5) is 15.8 Å². The first kappa shape index (κ1) is 11.5. The fourth-order valence-electron chi connectivity index (χ4n) is 1.63. The molecule has 0 bridgehead atoms. The number of halogens is 1. The van der Waals surface area contributed by atoms with Crippen molar-refractivity contribution in [3.05, 3.63) is 29.5 Å². The van der Waals surface area contributed by atoms with Crippen molar-refractivity contribution in [2.75, 3.05) is 30.1 Å². The molecule has 90 valence electrons. The molecule has 0 saturated carbocycles. The van der Waals surface area contributed by atoms with Gasteiger partial charge in [0.1, 0.15) is 12.4 Å². The molecule has 1 amide bonds. The molecular weight excluding hydrogens is 227 g/mol. The Hall–Kier alpha value is -2.02. The third kappa shape index (κ3) is 2.39. The van der Waals surface area contributed by atoms with Crippen LogP contribution in [0.1, 0.15) is 0 Å². The van der Waals surface area contributed by atoms with Gasteiger partial charge in [-0.05, 0) is 17.8 Å². The summed E-state index contributed by atoms with van der Waals surface area (Å²) in [4.78, 5) is 12.8.